The Morgan fingerprint density at radius 3 is 2.58 bits per heavy atom. The first-order chi connectivity index (χ1) is 20.3. The molecule has 43 heavy (non-hydrogen) atoms. The average Bonchev–Trinajstić information content (AvgIpc) is 3.45. The molecule has 3 aromatic rings. The van der Waals surface area contributed by atoms with Gasteiger partial charge < -0.3 is 25.4 Å². The summed E-state index contributed by atoms with van der Waals surface area (Å²) in [6.45, 7) is 7.98. The molecular weight excluding hydrogens is 575 g/mol. The van der Waals surface area contributed by atoms with Crippen LogP contribution in [0.25, 0.3) is 0 Å². The molecule has 1 saturated heterocycles. The van der Waals surface area contributed by atoms with E-state index in [1.54, 1.807) is 24.4 Å². The molecule has 3 N–H and O–H groups in total. The Bertz CT molecular complexity index is 1620. The van der Waals surface area contributed by atoms with Crippen molar-refractivity contribution in [1.82, 2.24) is 10.3 Å². The van der Waals surface area contributed by atoms with Gasteiger partial charge in [-0.15, -0.1) is 0 Å². The third-order valence-corrected chi connectivity index (χ3v) is 8.51. The fourth-order valence-electron chi connectivity index (χ4n) is 6.38. The van der Waals surface area contributed by atoms with E-state index < -0.39 is 41.1 Å². The smallest absolute Gasteiger partial charge is 0.337 e. The monoisotopic (exact) mass is 608 g/mol. The number of anilines is 2. The van der Waals surface area contributed by atoms with Crippen LogP contribution >= 0.6 is 11.6 Å². The summed E-state index contributed by atoms with van der Waals surface area (Å²) in [7, 11) is 2.68. The van der Waals surface area contributed by atoms with Crippen molar-refractivity contribution in [3.63, 3.8) is 0 Å². The lowest BCUT2D eigenvalue weighted by atomic mass is 9.64. The minimum atomic E-state index is -1.44. The molecular formula is C32H34ClFN4O5. The molecule has 0 radical (unpaired) electrons. The van der Waals surface area contributed by atoms with E-state index in [0.29, 0.717) is 17.8 Å². The number of carbonyl (C=O) groups is 3. The maximum Gasteiger partial charge on any atom is 0.337 e. The Morgan fingerprint density at radius 2 is 1.91 bits per heavy atom. The maximum atomic E-state index is 16.0. The molecule has 1 spiro atoms. The summed E-state index contributed by atoms with van der Waals surface area (Å²) in [5, 5.41) is 9.18. The summed E-state index contributed by atoms with van der Waals surface area (Å²) in [5.41, 5.74) is 0.731. The highest BCUT2D eigenvalue weighted by atomic mass is 35.5. The van der Waals surface area contributed by atoms with Crippen molar-refractivity contribution in [1.29, 1.82) is 0 Å². The SMILES string of the molecule is COC(=O)c1ccc(NC(=O)[C@@H]2N[C@@H](CC(C)(C)C)[C@@]3(C(=O)Nc4c(C)ccnc43)[C@H]2c2cccc(Cl)c2F)c(OC)c1. The number of esters is 1. The molecule has 2 amide bonds. The second kappa shape index (κ2) is 11.2. The number of fused-ring (bicyclic) bond motifs is 2. The molecule has 2 aliphatic heterocycles. The van der Waals surface area contributed by atoms with Crippen molar-refractivity contribution in [2.75, 3.05) is 24.9 Å². The number of halogens is 2. The topological polar surface area (TPSA) is 119 Å². The van der Waals surface area contributed by atoms with E-state index in [0.717, 1.165) is 5.56 Å². The Labute approximate surface area is 254 Å². The fraction of sp³-hybridized carbons (Fsp3) is 0.375. The van der Waals surface area contributed by atoms with Crippen LogP contribution in [0.3, 0.4) is 0 Å². The number of aryl methyl sites for hydroxylation is 1. The molecule has 0 aliphatic carbocycles. The van der Waals surface area contributed by atoms with Gasteiger partial charge in [-0.25, -0.2) is 9.18 Å². The van der Waals surface area contributed by atoms with Gasteiger partial charge in [-0.1, -0.05) is 44.5 Å². The summed E-state index contributed by atoms with van der Waals surface area (Å²) < 4.78 is 26.2. The molecule has 11 heteroatoms. The Kier molecular flexibility index (Phi) is 7.96. The second-order valence-electron chi connectivity index (χ2n) is 12.2. The lowest BCUT2D eigenvalue weighted by molar-refractivity contribution is -0.122. The van der Waals surface area contributed by atoms with E-state index in [4.69, 9.17) is 21.1 Å². The van der Waals surface area contributed by atoms with Crippen molar-refractivity contribution >= 4 is 40.8 Å². The first kappa shape index (κ1) is 30.4. The number of methoxy groups -OCH3 is 2. The summed E-state index contributed by atoms with van der Waals surface area (Å²) in [6.07, 6.45) is 2.09. The zero-order chi connectivity index (χ0) is 31.3. The third-order valence-electron chi connectivity index (χ3n) is 8.22. The maximum absolute atomic E-state index is 16.0. The lowest BCUT2D eigenvalue weighted by Gasteiger charge is -2.37. The highest BCUT2D eigenvalue weighted by molar-refractivity contribution is 6.30. The highest BCUT2D eigenvalue weighted by Gasteiger charge is 2.67. The summed E-state index contributed by atoms with van der Waals surface area (Å²) in [5.74, 6) is -2.98. The van der Waals surface area contributed by atoms with Gasteiger partial charge in [0, 0.05) is 18.2 Å². The Hall–Kier alpha value is -4.02. The summed E-state index contributed by atoms with van der Waals surface area (Å²) >= 11 is 6.27. The summed E-state index contributed by atoms with van der Waals surface area (Å²) in [6, 6.07) is 9.16. The molecule has 1 fully saturated rings. The van der Waals surface area contributed by atoms with E-state index >= 15 is 4.39 Å². The van der Waals surface area contributed by atoms with Crippen LogP contribution in [0, 0.1) is 18.2 Å². The van der Waals surface area contributed by atoms with E-state index in [1.165, 1.54) is 38.5 Å². The predicted molar refractivity (Wildman–Crippen MR) is 161 cm³/mol. The van der Waals surface area contributed by atoms with Crippen molar-refractivity contribution in [3.05, 3.63) is 81.9 Å². The van der Waals surface area contributed by atoms with Gasteiger partial charge >= 0.3 is 5.97 Å². The number of carbonyl (C=O) groups excluding carboxylic acids is 3. The molecule has 2 aliphatic rings. The zero-order valence-corrected chi connectivity index (χ0v) is 25.6. The van der Waals surface area contributed by atoms with Crippen LogP contribution < -0.4 is 20.7 Å². The first-order valence-electron chi connectivity index (χ1n) is 13.9. The van der Waals surface area contributed by atoms with E-state index in [2.05, 4.69) is 20.9 Å². The predicted octanol–water partition coefficient (Wildman–Crippen LogP) is 5.37. The third kappa shape index (κ3) is 5.12. The molecule has 0 saturated carbocycles. The van der Waals surface area contributed by atoms with Crippen molar-refractivity contribution < 1.29 is 28.2 Å². The van der Waals surface area contributed by atoms with E-state index in [1.807, 2.05) is 27.7 Å². The molecule has 0 unspecified atom stereocenters. The number of ether oxygens (including phenoxy) is 2. The van der Waals surface area contributed by atoms with Crippen LogP contribution in [0.4, 0.5) is 15.8 Å². The Morgan fingerprint density at radius 1 is 1.16 bits per heavy atom. The van der Waals surface area contributed by atoms with Crippen LogP contribution in [0.1, 0.15) is 60.3 Å². The van der Waals surface area contributed by atoms with Crippen molar-refractivity contribution in [2.24, 2.45) is 5.41 Å². The van der Waals surface area contributed by atoms with Crippen LogP contribution in [0.2, 0.25) is 5.02 Å². The zero-order valence-electron chi connectivity index (χ0n) is 24.8. The number of aromatic nitrogens is 1. The van der Waals surface area contributed by atoms with Crippen LogP contribution in [0.15, 0.2) is 48.7 Å². The number of benzene rings is 2. The Balaban J connectivity index is 1.69. The number of hydrogen-bond acceptors (Lipinski definition) is 7. The van der Waals surface area contributed by atoms with Crippen LogP contribution in [-0.2, 0) is 19.7 Å². The molecule has 5 rings (SSSR count). The number of hydrogen-bond donors (Lipinski definition) is 3. The standard InChI is InChI=1S/C32H34ClFN4O5/c1-16-12-13-35-27-25(16)38-30(41)32(27)22(15-31(2,3)4)37-26(23(32)18-8-7-9-19(33)24(18)34)28(39)36-20-11-10-17(29(40)43-6)14-21(20)42-5/h7-14,22-23,26,37H,15H2,1-6H3,(H,36,39)(H,38,41)/t22-,23-,26+,32+/m0/s1. The normalized spacial score (nSPS) is 22.7. The molecule has 226 valence electrons. The molecule has 4 atom stereocenters. The quantitative estimate of drug-likeness (QED) is 0.322. The average molecular weight is 609 g/mol. The fourth-order valence-corrected chi connectivity index (χ4v) is 6.57. The van der Waals surface area contributed by atoms with Gasteiger partial charge in [0.2, 0.25) is 11.8 Å². The van der Waals surface area contributed by atoms with Gasteiger partial charge in [0.05, 0.1) is 47.9 Å². The van der Waals surface area contributed by atoms with Crippen molar-refractivity contribution in [2.45, 2.75) is 57.5 Å². The minimum Gasteiger partial charge on any atom is -0.495 e. The number of pyridine rings is 1. The van der Waals surface area contributed by atoms with Crippen molar-refractivity contribution in [3.8, 4) is 5.75 Å². The van der Waals surface area contributed by atoms with Gasteiger partial charge in [0.1, 0.15) is 17.0 Å². The lowest BCUT2D eigenvalue weighted by Crippen LogP contribution is -2.50. The van der Waals surface area contributed by atoms with E-state index in [-0.39, 0.29) is 38.9 Å². The first-order valence-corrected chi connectivity index (χ1v) is 14.3. The van der Waals surface area contributed by atoms with Gasteiger partial charge in [0.15, 0.2) is 0 Å². The van der Waals surface area contributed by atoms with Crippen LogP contribution in [-0.4, -0.2) is 49.1 Å². The molecule has 0 bridgehead atoms. The number of nitrogens with zero attached hydrogens (tertiary/aromatic N) is 1. The van der Waals surface area contributed by atoms with Gasteiger partial charge in [-0.2, -0.15) is 0 Å². The second-order valence-corrected chi connectivity index (χ2v) is 12.6. The highest BCUT2D eigenvalue weighted by Crippen LogP contribution is 2.56. The summed E-state index contributed by atoms with van der Waals surface area (Å²) in [4.78, 5) is 45.3. The van der Waals surface area contributed by atoms with Gasteiger partial charge in [-0.3, -0.25) is 14.6 Å². The largest absolute Gasteiger partial charge is 0.495 e. The van der Waals surface area contributed by atoms with Gasteiger partial charge in [0.25, 0.3) is 0 Å². The van der Waals surface area contributed by atoms with E-state index in [9.17, 15) is 14.4 Å². The molecule has 2 aromatic carbocycles. The number of amides is 2. The minimum absolute atomic E-state index is 0.121. The van der Waals surface area contributed by atoms with Gasteiger partial charge in [-0.05, 0) is 60.2 Å². The molecule has 1 aromatic heterocycles. The molecule has 9 nitrogen and oxygen atoms in total. The number of rotatable bonds is 6. The van der Waals surface area contributed by atoms with Crippen LogP contribution in [0.5, 0.6) is 5.75 Å². The molecule has 3 heterocycles. The number of nitrogens with one attached hydrogen (secondary N) is 3.